The Bertz CT molecular complexity index is 875. The summed E-state index contributed by atoms with van der Waals surface area (Å²) in [5.74, 6) is -4.71. The molecule has 0 atom stereocenters. The van der Waals surface area contributed by atoms with Gasteiger partial charge in [-0.05, 0) is 41.8 Å². The van der Waals surface area contributed by atoms with Crippen molar-refractivity contribution in [1.82, 2.24) is 0 Å². The third-order valence-electron chi connectivity index (χ3n) is 4.02. The molecule has 4 N–H and O–H groups in total. The first-order valence-electron chi connectivity index (χ1n) is 8.91. The summed E-state index contributed by atoms with van der Waals surface area (Å²) in [7, 11) is 0. The van der Waals surface area contributed by atoms with Gasteiger partial charge in [0, 0.05) is 5.88 Å². The molecule has 2 aromatic rings. The van der Waals surface area contributed by atoms with Crippen molar-refractivity contribution in [2.45, 2.75) is 26.2 Å². The zero-order chi connectivity index (χ0) is 22.8. The molecule has 8 nitrogen and oxygen atoms in total. The SMILES string of the molecule is CCCCCCl.O=C(O)c1ccc(-c2ccc(C(=O)O)cc2C(=O)O)c(C(=O)O)c1. The summed E-state index contributed by atoms with van der Waals surface area (Å²) in [6.45, 7) is 2.17. The van der Waals surface area contributed by atoms with Crippen LogP contribution in [0.2, 0.25) is 0 Å². The van der Waals surface area contributed by atoms with E-state index in [1.807, 2.05) is 0 Å². The first-order valence-corrected chi connectivity index (χ1v) is 9.45. The molecule has 9 heteroatoms. The van der Waals surface area contributed by atoms with E-state index in [1.165, 1.54) is 31.4 Å². The summed E-state index contributed by atoms with van der Waals surface area (Å²) < 4.78 is 0. The highest BCUT2D eigenvalue weighted by molar-refractivity contribution is 6.17. The highest BCUT2D eigenvalue weighted by Crippen LogP contribution is 2.29. The third-order valence-corrected chi connectivity index (χ3v) is 4.29. The van der Waals surface area contributed by atoms with Gasteiger partial charge >= 0.3 is 23.9 Å². The number of rotatable bonds is 8. The number of unbranched alkanes of at least 4 members (excludes halogenated alkanes) is 2. The van der Waals surface area contributed by atoms with Gasteiger partial charge in [0.25, 0.3) is 0 Å². The Kier molecular flexibility index (Phi) is 9.51. The molecule has 0 saturated heterocycles. The van der Waals surface area contributed by atoms with Gasteiger partial charge in [0.05, 0.1) is 22.3 Å². The van der Waals surface area contributed by atoms with Gasteiger partial charge in [0.15, 0.2) is 0 Å². The number of hydrogen-bond donors (Lipinski definition) is 4. The lowest BCUT2D eigenvalue weighted by atomic mass is 9.92. The number of aromatic carboxylic acids is 4. The fourth-order valence-electron chi connectivity index (χ4n) is 2.52. The van der Waals surface area contributed by atoms with Crippen LogP contribution in [-0.2, 0) is 0 Å². The quantitative estimate of drug-likeness (QED) is 0.347. The molecule has 0 aliphatic heterocycles. The molecule has 0 aromatic heterocycles. The van der Waals surface area contributed by atoms with Gasteiger partial charge < -0.3 is 20.4 Å². The second-order valence-corrected chi connectivity index (χ2v) is 6.52. The van der Waals surface area contributed by atoms with Crippen LogP contribution in [0.4, 0.5) is 0 Å². The maximum absolute atomic E-state index is 11.4. The van der Waals surface area contributed by atoms with Crippen LogP contribution in [0.5, 0.6) is 0 Å². The summed E-state index contributed by atoms with van der Waals surface area (Å²) in [6, 6.07) is 6.46. The number of carbonyl (C=O) groups is 4. The lowest BCUT2D eigenvalue weighted by molar-refractivity contribution is 0.0675. The number of alkyl halides is 1. The van der Waals surface area contributed by atoms with E-state index in [0.717, 1.165) is 30.1 Å². The smallest absolute Gasteiger partial charge is 0.336 e. The summed E-state index contributed by atoms with van der Waals surface area (Å²) in [4.78, 5) is 44.7. The molecule has 0 amide bonds. The minimum atomic E-state index is -1.44. The first-order chi connectivity index (χ1) is 14.1. The van der Waals surface area contributed by atoms with E-state index in [-0.39, 0.29) is 22.3 Å². The fraction of sp³-hybridized carbons (Fsp3) is 0.238. The van der Waals surface area contributed by atoms with Crippen molar-refractivity contribution in [2.75, 3.05) is 5.88 Å². The molecule has 0 spiro atoms. The van der Waals surface area contributed by atoms with Crippen molar-refractivity contribution >= 4 is 35.5 Å². The van der Waals surface area contributed by atoms with Crippen molar-refractivity contribution < 1.29 is 39.6 Å². The minimum Gasteiger partial charge on any atom is -0.478 e. The Morgan fingerprint density at radius 1 is 0.700 bits per heavy atom. The van der Waals surface area contributed by atoms with Crippen molar-refractivity contribution in [3.63, 3.8) is 0 Å². The van der Waals surface area contributed by atoms with Crippen molar-refractivity contribution in [2.24, 2.45) is 0 Å². The summed E-state index contributed by atoms with van der Waals surface area (Å²) in [6.07, 6.45) is 3.73. The molecule has 160 valence electrons. The molecule has 0 aliphatic carbocycles. The molecule has 0 bridgehead atoms. The second kappa shape index (κ2) is 11.6. The summed E-state index contributed by atoms with van der Waals surface area (Å²) >= 11 is 5.38. The highest BCUT2D eigenvalue weighted by atomic mass is 35.5. The zero-order valence-corrected chi connectivity index (χ0v) is 16.8. The van der Waals surface area contributed by atoms with Crippen LogP contribution in [0.1, 0.15) is 67.6 Å². The predicted molar refractivity (Wildman–Crippen MR) is 110 cm³/mol. The number of carboxylic acid groups (broad SMARTS) is 4. The van der Waals surface area contributed by atoms with Crippen LogP contribution in [0.3, 0.4) is 0 Å². The monoisotopic (exact) mass is 436 g/mol. The number of halogens is 1. The molecule has 0 radical (unpaired) electrons. The Morgan fingerprint density at radius 3 is 1.33 bits per heavy atom. The van der Waals surface area contributed by atoms with E-state index in [9.17, 15) is 29.4 Å². The minimum absolute atomic E-state index is 0.0261. The van der Waals surface area contributed by atoms with Crippen LogP contribution in [0.25, 0.3) is 11.1 Å². The van der Waals surface area contributed by atoms with Crippen LogP contribution >= 0.6 is 11.6 Å². The molecule has 30 heavy (non-hydrogen) atoms. The molecular weight excluding hydrogens is 416 g/mol. The predicted octanol–water partition coefficient (Wildman–Crippen LogP) is 4.56. The van der Waals surface area contributed by atoms with Gasteiger partial charge in [-0.2, -0.15) is 0 Å². The van der Waals surface area contributed by atoms with E-state index in [0.29, 0.717) is 0 Å². The Hall–Kier alpha value is -3.39. The van der Waals surface area contributed by atoms with E-state index in [2.05, 4.69) is 6.92 Å². The zero-order valence-electron chi connectivity index (χ0n) is 16.1. The summed E-state index contributed by atoms with van der Waals surface area (Å²) in [5, 5.41) is 36.4. The third kappa shape index (κ3) is 6.59. The lowest BCUT2D eigenvalue weighted by Gasteiger charge is -2.11. The van der Waals surface area contributed by atoms with Crippen molar-refractivity contribution in [1.29, 1.82) is 0 Å². The fourth-order valence-corrected chi connectivity index (χ4v) is 2.71. The van der Waals surface area contributed by atoms with E-state index in [1.54, 1.807) is 0 Å². The number of hydrogen-bond acceptors (Lipinski definition) is 4. The standard InChI is InChI=1S/C16H10O8.C5H11Cl/c17-13(18)7-1-3-9(11(5-7)15(21)22)10-4-2-8(14(19)20)6-12(10)16(23)24;1-2-3-4-5-6/h1-6H,(H,17,18)(H,19,20)(H,21,22)(H,23,24);2-5H2,1H3. The molecule has 0 saturated carbocycles. The van der Waals surface area contributed by atoms with E-state index < -0.39 is 35.0 Å². The number of carboxylic acids is 4. The summed E-state index contributed by atoms with van der Waals surface area (Å²) in [5.41, 5.74) is -1.39. The molecule has 2 aromatic carbocycles. The van der Waals surface area contributed by atoms with Gasteiger partial charge in [0.1, 0.15) is 0 Å². The molecule has 0 fully saturated rings. The topological polar surface area (TPSA) is 149 Å². The maximum atomic E-state index is 11.4. The van der Waals surface area contributed by atoms with Crippen LogP contribution in [-0.4, -0.2) is 50.2 Å². The van der Waals surface area contributed by atoms with E-state index >= 15 is 0 Å². The lowest BCUT2D eigenvalue weighted by Crippen LogP contribution is -2.08. The highest BCUT2D eigenvalue weighted by Gasteiger charge is 2.21. The maximum Gasteiger partial charge on any atom is 0.336 e. The Labute approximate surface area is 177 Å². The van der Waals surface area contributed by atoms with Gasteiger partial charge in [-0.1, -0.05) is 31.9 Å². The average molecular weight is 437 g/mol. The molecular formula is C21H21ClO8. The number of benzene rings is 2. The molecule has 0 unspecified atom stereocenters. The van der Waals surface area contributed by atoms with E-state index in [4.69, 9.17) is 21.8 Å². The van der Waals surface area contributed by atoms with Gasteiger partial charge in [-0.3, -0.25) is 0 Å². The Morgan fingerprint density at radius 2 is 1.10 bits per heavy atom. The normalized spacial score (nSPS) is 9.93. The van der Waals surface area contributed by atoms with Crippen molar-refractivity contribution in [3.05, 3.63) is 58.7 Å². The second-order valence-electron chi connectivity index (χ2n) is 6.14. The van der Waals surface area contributed by atoms with Crippen LogP contribution < -0.4 is 0 Å². The Balaban J connectivity index is 0.000000656. The molecule has 2 rings (SSSR count). The molecule has 0 aliphatic rings. The van der Waals surface area contributed by atoms with Gasteiger partial charge in [0.2, 0.25) is 0 Å². The van der Waals surface area contributed by atoms with Crippen molar-refractivity contribution in [3.8, 4) is 11.1 Å². The van der Waals surface area contributed by atoms with Gasteiger partial charge in [-0.15, -0.1) is 11.6 Å². The van der Waals surface area contributed by atoms with Crippen LogP contribution in [0.15, 0.2) is 36.4 Å². The van der Waals surface area contributed by atoms with Gasteiger partial charge in [-0.25, -0.2) is 19.2 Å². The largest absolute Gasteiger partial charge is 0.478 e. The molecule has 0 heterocycles. The average Bonchev–Trinajstić information content (AvgIpc) is 2.71. The van der Waals surface area contributed by atoms with Crippen LogP contribution in [0, 0.1) is 0 Å². The first kappa shape index (κ1) is 24.6.